The van der Waals surface area contributed by atoms with Crippen molar-refractivity contribution in [2.24, 2.45) is 0 Å². The maximum absolute atomic E-state index is 11.5. The lowest BCUT2D eigenvalue weighted by molar-refractivity contribution is -0.121. The Morgan fingerprint density at radius 2 is 2.21 bits per heavy atom. The maximum Gasteiger partial charge on any atom is 0.220 e. The third-order valence-corrected chi connectivity index (χ3v) is 4.56. The Labute approximate surface area is 119 Å². The maximum atomic E-state index is 11.5. The zero-order chi connectivity index (χ0) is 13.8. The molecule has 2 rings (SSSR count). The van der Waals surface area contributed by atoms with Crippen LogP contribution in [0, 0.1) is 13.8 Å². The average molecular weight is 281 g/mol. The molecule has 1 aliphatic rings. The molecule has 0 spiro atoms. The highest BCUT2D eigenvalue weighted by molar-refractivity contribution is 7.11. The highest BCUT2D eigenvalue weighted by Crippen LogP contribution is 2.24. The van der Waals surface area contributed by atoms with Crippen molar-refractivity contribution < 1.29 is 4.79 Å². The molecule has 0 saturated heterocycles. The Bertz CT molecular complexity index is 440. The largest absolute Gasteiger partial charge is 0.353 e. The molecule has 0 radical (unpaired) electrons. The van der Waals surface area contributed by atoms with Crippen molar-refractivity contribution in [3.63, 3.8) is 0 Å². The first kappa shape index (κ1) is 14.5. The van der Waals surface area contributed by atoms with Crippen LogP contribution in [0.15, 0.2) is 0 Å². The van der Waals surface area contributed by atoms with Crippen molar-refractivity contribution in [1.82, 2.24) is 15.6 Å². The number of carbonyl (C=O) groups is 1. The lowest BCUT2D eigenvalue weighted by Crippen LogP contribution is -2.27. The number of aromatic nitrogens is 1. The lowest BCUT2D eigenvalue weighted by atomic mass is 10.2. The Morgan fingerprint density at radius 1 is 1.47 bits per heavy atom. The number of rotatable bonds is 7. The fourth-order valence-corrected chi connectivity index (χ4v) is 3.09. The molecule has 1 fully saturated rings. The Kier molecular flexibility index (Phi) is 4.93. The summed E-state index contributed by atoms with van der Waals surface area (Å²) in [6.45, 7) is 7.12. The van der Waals surface area contributed by atoms with E-state index in [2.05, 4.69) is 29.5 Å². The molecule has 1 saturated carbocycles. The van der Waals surface area contributed by atoms with Gasteiger partial charge in [-0.1, -0.05) is 0 Å². The van der Waals surface area contributed by atoms with E-state index in [1.54, 1.807) is 11.3 Å². The van der Waals surface area contributed by atoms with Crippen LogP contribution in [0.3, 0.4) is 0 Å². The summed E-state index contributed by atoms with van der Waals surface area (Å²) in [5.74, 6) is 0.196. The van der Waals surface area contributed by atoms with Crippen LogP contribution >= 0.6 is 11.3 Å². The van der Waals surface area contributed by atoms with Gasteiger partial charge in [0.25, 0.3) is 0 Å². The molecule has 1 aromatic heterocycles. The van der Waals surface area contributed by atoms with Crippen LogP contribution in [-0.4, -0.2) is 23.5 Å². The van der Waals surface area contributed by atoms with E-state index in [9.17, 15) is 4.79 Å². The minimum atomic E-state index is 0.196. The molecular formula is C14H23N3OS. The number of aryl methyl sites for hydroxylation is 2. The summed E-state index contributed by atoms with van der Waals surface area (Å²) >= 11 is 1.75. The normalized spacial score (nSPS) is 16.4. The number of hydrogen-bond donors (Lipinski definition) is 2. The van der Waals surface area contributed by atoms with Crippen LogP contribution in [0.1, 0.15) is 54.2 Å². The van der Waals surface area contributed by atoms with Gasteiger partial charge in [-0.05, 0) is 46.6 Å². The number of nitrogens with one attached hydrogen (secondary N) is 2. The van der Waals surface area contributed by atoms with Gasteiger partial charge < -0.3 is 10.6 Å². The monoisotopic (exact) mass is 281 g/mol. The van der Waals surface area contributed by atoms with Crippen molar-refractivity contribution in [2.75, 3.05) is 6.54 Å². The second kappa shape index (κ2) is 6.48. The highest BCUT2D eigenvalue weighted by Gasteiger charge is 2.22. The lowest BCUT2D eigenvalue weighted by Gasteiger charge is -2.12. The minimum absolute atomic E-state index is 0.196. The van der Waals surface area contributed by atoms with Gasteiger partial charge in [0.15, 0.2) is 0 Å². The van der Waals surface area contributed by atoms with Crippen LogP contribution in [0.25, 0.3) is 0 Å². The van der Waals surface area contributed by atoms with Gasteiger partial charge in [-0.15, -0.1) is 11.3 Å². The van der Waals surface area contributed by atoms with E-state index in [0.717, 1.165) is 36.5 Å². The van der Waals surface area contributed by atoms with Gasteiger partial charge in [0.2, 0.25) is 5.91 Å². The summed E-state index contributed by atoms with van der Waals surface area (Å²) in [5, 5.41) is 7.59. The fraction of sp³-hybridized carbons (Fsp3) is 0.714. The number of thiazole rings is 1. The molecule has 0 bridgehead atoms. The number of hydrogen-bond acceptors (Lipinski definition) is 4. The average Bonchev–Trinajstić information content (AvgIpc) is 3.08. The highest BCUT2D eigenvalue weighted by atomic mass is 32.1. The molecular weight excluding hydrogens is 258 g/mol. The Hall–Kier alpha value is -0.940. The summed E-state index contributed by atoms with van der Waals surface area (Å²) < 4.78 is 0. The standard InChI is InChI=1S/C14H23N3OS/c1-9(14-10(2)16-11(3)19-14)15-8-4-5-13(18)17-12-6-7-12/h9,12,15H,4-8H2,1-3H3,(H,17,18). The molecule has 106 valence electrons. The second-order valence-corrected chi connectivity index (χ2v) is 6.54. The topological polar surface area (TPSA) is 54.0 Å². The summed E-state index contributed by atoms with van der Waals surface area (Å²) in [6, 6.07) is 0.792. The summed E-state index contributed by atoms with van der Waals surface area (Å²) in [6.07, 6.45) is 3.83. The molecule has 1 amide bonds. The molecule has 1 heterocycles. The van der Waals surface area contributed by atoms with Crippen LogP contribution in [0.2, 0.25) is 0 Å². The van der Waals surface area contributed by atoms with Crippen LogP contribution in [-0.2, 0) is 4.79 Å². The van der Waals surface area contributed by atoms with Gasteiger partial charge in [0.05, 0.1) is 10.7 Å². The van der Waals surface area contributed by atoms with Crippen molar-refractivity contribution in [2.45, 2.75) is 58.5 Å². The summed E-state index contributed by atoms with van der Waals surface area (Å²) in [4.78, 5) is 17.3. The first-order chi connectivity index (χ1) is 9.06. The minimum Gasteiger partial charge on any atom is -0.353 e. The second-order valence-electron chi connectivity index (χ2n) is 5.30. The molecule has 0 aromatic carbocycles. The van der Waals surface area contributed by atoms with Gasteiger partial charge in [-0.2, -0.15) is 0 Å². The van der Waals surface area contributed by atoms with Crippen LogP contribution < -0.4 is 10.6 Å². The molecule has 19 heavy (non-hydrogen) atoms. The van der Waals surface area contributed by atoms with Crippen LogP contribution in [0.5, 0.6) is 0 Å². The number of amides is 1. The van der Waals surface area contributed by atoms with Crippen molar-refractivity contribution in [1.29, 1.82) is 0 Å². The van der Waals surface area contributed by atoms with E-state index in [-0.39, 0.29) is 5.91 Å². The summed E-state index contributed by atoms with van der Waals surface area (Å²) in [5.41, 5.74) is 1.12. The molecule has 1 atom stereocenters. The molecule has 5 heteroatoms. The van der Waals surface area contributed by atoms with Crippen molar-refractivity contribution in [3.8, 4) is 0 Å². The van der Waals surface area contributed by atoms with Crippen molar-refractivity contribution >= 4 is 17.2 Å². The number of carbonyl (C=O) groups excluding carboxylic acids is 1. The third-order valence-electron chi connectivity index (χ3n) is 3.31. The number of nitrogens with zero attached hydrogens (tertiary/aromatic N) is 1. The molecule has 2 N–H and O–H groups in total. The Balaban J connectivity index is 1.64. The molecule has 1 aromatic rings. The van der Waals surface area contributed by atoms with E-state index < -0.39 is 0 Å². The first-order valence-electron chi connectivity index (χ1n) is 7.03. The van der Waals surface area contributed by atoms with E-state index in [1.165, 1.54) is 4.88 Å². The predicted molar refractivity (Wildman–Crippen MR) is 78.4 cm³/mol. The third kappa shape index (κ3) is 4.58. The van der Waals surface area contributed by atoms with Crippen molar-refractivity contribution in [3.05, 3.63) is 15.6 Å². The zero-order valence-electron chi connectivity index (χ0n) is 12.0. The fourth-order valence-electron chi connectivity index (χ4n) is 2.14. The smallest absolute Gasteiger partial charge is 0.220 e. The van der Waals surface area contributed by atoms with E-state index >= 15 is 0 Å². The Morgan fingerprint density at radius 3 is 2.79 bits per heavy atom. The van der Waals surface area contributed by atoms with Gasteiger partial charge in [0.1, 0.15) is 0 Å². The van der Waals surface area contributed by atoms with E-state index in [0.29, 0.717) is 18.5 Å². The molecule has 1 aliphatic carbocycles. The first-order valence-corrected chi connectivity index (χ1v) is 7.84. The van der Waals surface area contributed by atoms with Gasteiger partial charge >= 0.3 is 0 Å². The summed E-state index contributed by atoms with van der Waals surface area (Å²) in [7, 11) is 0. The van der Waals surface area contributed by atoms with Gasteiger partial charge in [-0.3, -0.25) is 4.79 Å². The predicted octanol–water partition coefficient (Wildman–Crippen LogP) is 2.47. The quantitative estimate of drug-likeness (QED) is 0.755. The SMILES string of the molecule is Cc1nc(C)c(C(C)NCCCC(=O)NC2CC2)s1. The van der Waals surface area contributed by atoms with E-state index in [1.807, 2.05) is 6.92 Å². The van der Waals surface area contributed by atoms with Gasteiger partial charge in [-0.25, -0.2) is 4.98 Å². The molecule has 4 nitrogen and oxygen atoms in total. The zero-order valence-corrected chi connectivity index (χ0v) is 12.8. The van der Waals surface area contributed by atoms with E-state index in [4.69, 9.17) is 0 Å². The van der Waals surface area contributed by atoms with Crippen LogP contribution in [0.4, 0.5) is 0 Å². The molecule has 1 unspecified atom stereocenters. The molecule has 0 aliphatic heterocycles. The van der Waals surface area contributed by atoms with Gasteiger partial charge in [0, 0.05) is 23.4 Å².